The minimum Gasteiger partial charge on any atom is -0.328 e. The van der Waals surface area contributed by atoms with Gasteiger partial charge in [-0.05, 0) is 24.6 Å². The van der Waals surface area contributed by atoms with Gasteiger partial charge < -0.3 is 9.80 Å². The summed E-state index contributed by atoms with van der Waals surface area (Å²) in [5.74, 6) is -0.236. The fourth-order valence-corrected chi connectivity index (χ4v) is 4.41. The molecule has 0 spiro atoms. The molecule has 3 aromatic rings. The number of fused-ring (bicyclic) bond motifs is 1. The van der Waals surface area contributed by atoms with Crippen molar-refractivity contribution in [3.05, 3.63) is 65.7 Å². The molecule has 168 valence electrons. The number of nitrogens with zero attached hydrogens (tertiary/aromatic N) is 7. The molecule has 0 saturated carbocycles. The van der Waals surface area contributed by atoms with Crippen LogP contribution in [-0.2, 0) is 19.3 Å². The number of benzene rings is 1. The van der Waals surface area contributed by atoms with E-state index in [9.17, 15) is 23.2 Å². The molecule has 1 amide bonds. The fraction of sp³-hybridized carbons (Fsp3) is 0.318. The zero-order valence-corrected chi connectivity index (χ0v) is 17.3. The van der Waals surface area contributed by atoms with Crippen molar-refractivity contribution >= 4 is 5.91 Å². The number of alkyl halides is 3. The van der Waals surface area contributed by atoms with Crippen molar-refractivity contribution in [1.29, 1.82) is 5.26 Å². The van der Waals surface area contributed by atoms with Gasteiger partial charge in [0.1, 0.15) is 5.69 Å². The number of halogens is 3. The average molecular weight is 453 g/mol. The lowest BCUT2D eigenvalue weighted by atomic mass is 10.1. The molecule has 4 heterocycles. The van der Waals surface area contributed by atoms with Crippen LogP contribution in [-0.4, -0.2) is 54.1 Å². The smallest absolute Gasteiger partial charge is 0.328 e. The van der Waals surface area contributed by atoms with E-state index in [2.05, 4.69) is 21.3 Å². The second-order valence-corrected chi connectivity index (χ2v) is 8.10. The van der Waals surface area contributed by atoms with E-state index in [0.717, 1.165) is 12.1 Å². The van der Waals surface area contributed by atoms with Gasteiger partial charge in [0.2, 0.25) is 0 Å². The zero-order valence-electron chi connectivity index (χ0n) is 17.3. The molecule has 2 aromatic heterocycles. The minimum absolute atomic E-state index is 0.0664. The van der Waals surface area contributed by atoms with Crippen LogP contribution in [0.3, 0.4) is 0 Å². The number of hydrogen-bond acceptors (Lipinski definition) is 6. The standard InChI is InChI=1S/C22H18F3N7O/c23-22(24,25)16-4-1-3-14(7-16)20-27-9-15-10-32(21(33)19(15)29-20)18-8-17(30(11-18)13-26)12-31-6-2-5-28-31/h1-7,9,17-18H,8,10-12H2/t17-,18+/m0/s1. The first kappa shape index (κ1) is 20.9. The largest absolute Gasteiger partial charge is 0.416 e. The zero-order chi connectivity index (χ0) is 23.2. The normalized spacial score (nSPS) is 20.2. The molecule has 8 nitrogen and oxygen atoms in total. The third kappa shape index (κ3) is 3.88. The molecule has 0 aliphatic carbocycles. The molecule has 5 rings (SSSR count). The van der Waals surface area contributed by atoms with Gasteiger partial charge >= 0.3 is 6.18 Å². The third-order valence-corrected chi connectivity index (χ3v) is 6.04. The maximum Gasteiger partial charge on any atom is 0.416 e. The summed E-state index contributed by atoms with van der Waals surface area (Å²) < 4.78 is 41.0. The van der Waals surface area contributed by atoms with Crippen LogP contribution in [0.5, 0.6) is 0 Å². The van der Waals surface area contributed by atoms with Crippen molar-refractivity contribution in [2.24, 2.45) is 0 Å². The molecule has 0 unspecified atom stereocenters. The maximum absolute atomic E-state index is 13.1. The molecule has 11 heteroatoms. The van der Waals surface area contributed by atoms with E-state index in [1.54, 1.807) is 20.7 Å². The maximum atomic E-state index is 13.1. The van der Waals surface area contributed by atoms with E-state index in [-0.39, 0.29) is 35.1 Å². The highest BCUT2D eigenvalue weighted by Crippen LogP contribution is 2.33. The summed E-state index contributed by atoms with van der Waals surface area (Å²) in [6, 6.07) is 6.25. The van der Waals surface area contributed by atoms with Crippen molar-refractivity contribution in [1.82, 2.24) is 29.5 Å². The Balaban J connectivity index is 1.36. The van der Waals surface area contributed by atoms with Crippen LogP contribution in [0.15, 0.2) is 48.9 Å². The summed E-state index contributed by atoms with van der Waals surface area (Å²) in [6.45, 7) is 1.23. The van der Waals surface area contributed by atoms with Crippen molar-refractivity contribution in [3.8, 4) is 17.6 Å². The fourth-order valence-electron chi connectivity index (χ4n) is 4.41. The Morgan fingerprint density at radius 1 is 1.24 bits per heavy atom. The first-order chi connectivity index (χ1) is 15.8. The second-order valence-electron chi connectivity index (χ2n) is 8.10. The van der Waals surface area contributed by atoms with Gasteiger partial charge in [-0.1, -0.05) is 12.1 Å². The monoisotopic (exact) mass is 453 g/mol. The lowest BCUT2D eigenvalue weighted by molar-refractivity contribution is -0.137. The molecule has 2 aliphatic heterocycles. The predicted molar refractivity (Wildman–Crippen MR) is 109 cm³/mol. The van der Waals surface area contributed by atoms with E-state index in [1.807, 2.05) is 12.3 Å². The van der Waals surface area contributed by atoms with E-state index >= 15 is 0 Å². The van der Waals surface area contributed by atoms with Gasteiger partial charge in [0.05, 0.1) is 30.7 Å². The van der Waals surface area contributed by atoms with Crippen LogP contribution < -0.4 is 0 Å². The van der Waals surface area contributed by atoms with Crippen molar-refractivity contribution < 1.29 is 18.0 Å². The third-order valence-electron chi connectivity index (χ3n) is 6.04. The predicted octanol–water partition coefficient (Wildman–Crippen LogP) is 2.94. The van der Waals surface area contributed by atoms with Crippen LogP contribution >= 0.6 is 0 Å². The number of rotatable bonds is 4. The van der Waals surface area contributed by atoms with Gasteiger partial charge in [0, 0.05) is 36.3 Å². The van der Waals surface area contributed by atoms with Crippen LogP contribution in [0, 0.1) is 11.5 Å². The van der Waals surface area contributed by atoms with Crippen LogP contribution in [0.25, 0.3) is 11.4 Å². The Kier molecular flexibility index (Phi) is 5.00. The summed E-state index contributed by atoms with van der Waals surface area (Å²) >= 11 is 0. The Hall–Kier alpha value is -3.94. The summed E-state index contributed by atoms with van der Waals surface area (Å²) in [5, 5.41) is 13.7. The van der Waals surface area contributed by atoms with Gasteiger partial charge in [-0.2, -0.15) is 23.5 Å². The molecule has 0 bridgehead atoms. The van der Waals surface area contributed by atoms with Crippen LogP contribution in [0.2, 0.25) is 0 Å². The van der Waals surface area contributed by atoms with Gasteiger partial charge in [0.15, 0.2) is 12.0 Å². The first-order valence-electron chi connectivity index (χ1n) is 10.3. The Labute approximate surface area is 186 Å². The number of aromatic nitrogens is 4. The summed E-state index contributed by atoms with van der Waals surface area (Å²) in [6.07, 6.45) is 3.30. The van der Waals surface area contributed by atoms with Gasteiger partial charge in [-0.25, -0.2) is 9.97 Å². The minimum atomic E-state index is -4.48. The molecule has 1 saturated heterocycles. The lowest BCUT2D eigenvalue weighted by Crippen LogP contribution is -2.37. The number of nitriles is 1. The Morgan fingerprint density at radius 3 is 2.82 bits per heavy atom. The summed E-state index contributed by atoms with van der Waals surface area (Å²) in [7, 11) is 0. The van der Waals surface area contributed by atoms with E-state index in [4.69, 9.17) is 0 Å². The highest BCUT2D eigenvalue weighted by atomic mass is 19.4. The van der Waals surface area contributed by atoms with Crippen molar-refractivity contribution in [3.63, 3.8) is 0 Å². The molecule has 1 aromatic carbocycles. The van der Waals surface area contributed by atoms with E-state index in [0.29, 0.717) is 31.6 Å². The molecule has 0 N–H and O–H groups in total. The number of amides is 1. The molecule has 0 radical (unpaired) electrons. The summed E-state index contributed by atoms with van der Waals surface area (Å²) in [5.41, 5.74) is 0.198. The number of carbonyl (C=O) groups is 1. The van der Waals surface area contributed by atoms with Gasteiger partial charge in [0.25, 0.3) is 5.91 Å². The van der Waals surface area contributed by atoms with Crippen molar-refractivity contribution in [2.75, 3.05) is 6.54 Å². The second kappa shape index (κ2) is 7.88. The number of hydrogen-bond donors (Lipinski definition) is 0. The van der Waals surface area contributed by atoms with Crippen LogP contribution in [0.1, 0.15) is 28.0 Å². The lowest BCUT2D eigenvalue weighted by Gasteiger charge is -2.22. The number of carbonyl (C=O) groups excluding carboxylic acids is 1. The Morgan fingerprint density at radius 2 is 2.09 bits per heavy atom. The highest BCUT2D eigenvalue weighted by Gasteiger charge is 2.41. The molecular formula is C22H18F3N7O. The Bertz CT molecular complexity index is 1240. The summed E-state index contributed by atoms with van der Waals surface area (Å²) in [4.78, 5) is 25.0. The van der Waals surface area contributed by atoms with Gasteiger partial charge in [-0.3, -0.25) is 9.48 Å². The molecule has 33 heavy (non-hydrogen) atoms. The number of likely N-dealkylation sites (tertiary alicyclic amines) is 1. The SMILES string of the molecule is N#CN1C[C@H](N2Cc3cnc(-c4cccc(C(F)(F)F)c4)nc3C2=O)C[C@H]1Cn1cccn1. The van der Waals surface area contributed by atoms with Crippen molar-refractivity contribution in [2.45, 2.75) is 37.8 Å². The van der Waals surface area contributed by atoms with E-state index < -0.39 is 11.7 Å². The molecular weight excluding hydrogens is 435 g/mol. The van der Waals surface area contributed by atoms with Crippen LogP contribution in [0.4, 0.5) is 13.2 Å². The molecule has 2 atom stereocenters. The first-order valence-corrected chi connectivity index (χ1v) is 10.3. The highest BCUT2D eigenvalue weighted by molar-refractivity contribution is 5.97. The molecule has 2 aliphatic rings. The van der Waals surface area contributed by atoms with E-state index in [1.165, 1.54) is 18.3 Å². The quantitative estimate of drug-likeness (QED) is 0.565. The van der Waals surface area contributed by atoms with Gasteiger partial charge in [-0.15, -0.1) is 0 Å². The topological polar surface area (TPSA) is 90.9 Å². The average Bonchev–Trinajstić information content (AvgIpc) is 3.53. The molecule has 1 fully saturated rings.